The lowest BCUT2D eigenvalue weighted by atomic mass is 9.92. The molecular weight excluding hydrogens is 166 g/mol. The Kier molecular flexibility index (Phi) is 6.59. The van der Waals surface area contributed by atoms with Crippen LogP contribution in [0.5, 0.6) is 0 Å². The van der Waals surface area contributed by atoms with Gasteiger partial charge in [0.15, 0.2) is 0 Å². The first kappa shape index (κ1) is 12.4. The van der Waals surface area contributed by atoms with Gasteiger partial charge in [0.05, 0.1) is 0 Å². The summed E-state index contributed by atoms with van der Waals surface area (Å²) in [5.41, 5.74) is 5.47. The minimum atomic E-state index is -0.880. The van der Waals surface area contributed by atoms with Gasteiger partial charge < -0.3 is 10.8 Å². The number of hydrogen-bond donors (Lipinski definition) is 2. The van der Waals surface area contributed by atoms with E-state index in [1.165, 1.54) is 12.8 Å². The Morgan fingerprint density at radius 1 is 1.46 bits per heavy atom. The van der Waals surface area contributed by atoms with Crippen molar-refractivity contribution in [3.63, 3.8) is 0 Å². The Morgan fingerprint density at radius 2 is 2.08 bits per heavy atom. The van der Waals surface area contributed by atoms with Crippen LogP contribution >= 0.6 is 0 Å². The molecule has 0 aromatic heterocycles. The molecule has 0 amide bonds. The molecule has 0 bridgehead atoms. The molecule has 0 saturated heterocycles. The molecule has 0 aliphatic carbocycles. The minimum Gasteiger partial charge on any atom is -0.480 e. The van der Waals surface area contributed by atoms with Crippen LogP contribution in [0.1, 0.15) is 46.0 Å². The maximum Gasteiger partial charge on any atom is 0.320 e. The predicted octanol–water partition coefficient (Wildman–Crippen LogP) is 2.00. The first-order chi connectivity index (χ1) is 6.11. The SMILES string of the molecule is CCCC[C@@H](CC)C[C@H](N)C(=O)O. The molecule has 0 rings (SSSR count). The van der Waals surface area contributed by atoms with Crippen molar-refractivity contribution >= 4 is 5.97 Å². The Bertz CT molecular complexity index is 148. The maximum atomic E-state index is 10.5. The van der Waals surface area contributed by atoms with Crippen molar-refractivity contribution in [1.29, 1.82) is 0 Å². The normalized spacial score (nSPS) is 15.3. The van der Waals surface area contributed by atoms with Crippen molar-refractivity contribution in [3.05, 3.63) is 0 Å². The van der Waals surface area contributed by atoms with Gasteiger partial charge in [-0.3, -0.25) is 4.79 Å². The van der Waals surface area contributed by atoms with Crippen LogP contribution in [0, 0.1) is 5.92 Å². The highest BCUT2D eigenvalue weighted by molar-refractivity contribution is 5.72. The van der Waals surface area contributed by atoms with Gasteiger partial charge in [0, 0.05) is 0 Å². The van der Waals surface area contributed by atoms with Crippen molar-refractivity contribution in [1.82, 2.24) is 0 Å². The van der Waals surface area contributed by atoms with E-state index < -0.39 is 12.0 Å². The molecule has 3 N–H and O–H groups in total. The second kappa shape index (κ2) is 6.89. The Balaban J connectivity index is 3.75. The van der Waals surface area contributed by atoms with Crippen LogP contribution < -0.4 is 5.73 Å². The molecule has 0 saturated carbocycles. The monoisotopic (exact) mass is 187 g/mol. The summed E-state index contributed by atoms with van der Waals surface area (Å²) in [6, 6.07) is -0.679. The molecule has 0 heterocycles. The van der Waals surface area contributed by atoms with Gasteiger partial charge in [-0.25, -0.2) is 0 Å². The van der Waals surface area contributed by atoms with E-state index in [0.29, 0.717) is 12.3 Å². The summed E-state index contributed by atoms with van der Waals surface area (Å²) in [5.74, 6) is -0.402. The third-order valence-corrected chi connectivity index (χ3v) is 2.45. The lowest BCUT2D eigenvalue weighted by Gasteiger charge is -2.16. The Labute approximate surface area is 80.3 Å². The smallest absolute Gasteiger partial charge is 0.320 e. The Hall–Kier alpha value is -0.570. The first-order valence-electron chi connectivity index (χ1n) is 5.10. The molecule has 13 heavy (non-hydrogen) atoms. The quantitative estimate of drug-likeness (QED) is 0.640. The zero-order valence-corrected chi connectivity index (χ0v) is 8.62. The van der Waals surface area contributed by atoms with Gasteiger partial charge in [-0.05, 0) is 12.3 Å². The number of rotatable bonds is 7. The molecular formula is C10H21NO2. The van der Waals surface area contributed by atoms with Gasteiger partial charge in [-0.15, -0.1) is 0 Å². The van der Waals surface area contributed by atoms with Gasteiger partial charge in [0.1, 0.15) is 6.04 Å². The molecule has 3 nitrogen and oxygen atoms in total. The van der Waals surface area contributed by atoms with Crippen LogP contribution in [0.25, 0.3) is 0 Å². The summed E-state index contributed by atoms with van der Waals surface area (Å²) in [6.07, 6.45) is 5.09. The lowest BCUT2D eigenvalue weighted by Crippen LogP contribution is -2.32. The standard InChI is InChI=1S/C10H21NO2/c1-3-5-6-8(4-2)7-9(11)10(12)13/h8-9H,3-7,11H2,1-2H3,(H,12,13)/t8-,9+/m1/s1. The van der Waals surface area contributed by atoms with Crippen LogP contribution in [-0.4, -0.2) is 17.1 Å². The average molecular weight is 187 g/mol. The summed E-state index contributed by atoms with van der Waals surface area (Å²) >= 11 is 0. The maximum absolute atomic E-state index is 10.5. The molecule has 0 radical (unpaired) electrons. The van der Waals surface area contributed by atoms with Crippen LogP contribution in [0.15, 0.2) is 0 Å². The number of hydrogen-bond acceptors (Lipinski definition) is 2. The Morgan fingerprint density at radius 3 is 2.46 bits per heavy atom. The largest absolute Gasteiger partial charge is 0.480 e. The fraction of sp³-hybridized carbons (Fsp3) is 0.900. The highest BCUT2D eigenvalue weighted by Gasteiger charge is 2.16. The zero-order valence-electron chi connectivity index (χ0n) is 8.62. The number of carboxylic acids is 1. The van der Waals surface area contributed by atoms with Gasteiger partial charge in [0.25, 0.3) is 0 Å². The van der Waals surface area contributed by atoms with E-state index >= 15 is 0 Å². The number of aliphatic carboxylic acids is 1. The third kappa shape index (κ3) is 5.64. The average Bonchev–Trinajstić information content (AvgIpc) is 2.11. The minimum absolute atomic E-state index is 0.478. The van der Waals surface area contributed by atoms with Crippen LogP contribution in [0.3, 0.4) is 0 Å². The van der Waals surface area contributed by atoms with E-state index in [2.05, 4.69) is 13.8 Å². The fourth-order valence-electron chi connectivity index (χ4n) is 1.44. The topological polar surface area (TPSA) is 63.3 Å². The summed E-state index contributed by atoms with van der Waals surface area (Å²) in [4.78, 5) is 10.5. The summed E-state index contributed by atoms with van der Waals surface area (Å²) in [5, 5.41) is 8.63. The van der Waals surface area contributed by atoms with E-state index in [0.717, 1.165) is 12.8 Å². The second-order valence-electron chi connectivity index (χ2n) is 3.60. The third-order valence-electron chi connectivity index (χ3n) is 2.45. The molecule has 0 aliphatic rings. The zero-order chi connectivity index (χ0) is 10.3. The van der Waals surface area contributed by atoms with Crippen LogP contribution in [0.2, 0.25) is 0 Å². The van der Waals surface area contributed by atoms with E-state index in [1.807, 2.05) is 0 Å². The fourth-order valence-corrected chi connectivity index (χ4v) is 1.44. The van der Waals surface area contributed by atoms with E-state index in [-0.39, 0.29) is 0 Å². The van der Waals surface area contributed by atoms with Gasteiger partial charge in [0.2, 0.25) is 0 Å². The highest BCUT2D eigenvalue weighted by atomic mass is 16.4. The van der Waals surface area contributed by atoms with Crippen molar-refractivity contribution in [2.45, 2.75) is 52.0 Å². The molecule has 0 fully saturated rings. The van der Waals surface area contributed by atoms with E-state index in [1.54, 1.807) is 0 Å². The number of nitrogens with two attached hydrogens (primary N) is 1. The van der Waals surface area contributed by atoms with Gasteiger partial charge in [-0.2, -0.15) is 0 Å². The molecule has 3 heteroatoms. The number of unbranched alkanes of at least 4 members (excludes halogenated alkanes) is 1. The lowest BCUT2D eigenvalue weighted by molar-refractivity contribution is -0.139. The first-order valence-corrected chi connectivity index (χ1v) is 5.10. The van der Waals surface area contributed by atoms with E-state index in [9.17, 15) is 4.79 Å². The number of carboxylic acid groups (broad SMARTS) is 1. The van der Waals surface area contributed by atoms with Crippen LogP contribution in [-0.2, 0) is 4.79 Å². The predicted molar refractivity (Wildman–Crippen MR) is 53.5 cm³/mol. The van der Waals surface area contributed by atoms with Gasteiger partial charge in [-0.1, -0.05) is 39.5 Å². The van der Waals surface area contributed by atoms with Crippen molar-refractivity contribution < 1.29 is 9.90 Å². The van der Waals surface area contributed by atoms with Crippen LogP contribution in [0.4, 0.5) is 0 Å². The molecule has 0 aliphatic heterocycles. The summed E-state index contributed by atoms with van der Waals surface area (Å²) < 4.78 is 0. The molecule has 2 atom stereocenters. The van der Waals surface area contributed by atoms with Crippen molar-refractivity contribution in [2.24, 2.45) is 11.7 Å². The summed E-state index contributed by atoms with van der Waals surface area (Å²) in [6.45, 7) is 4.23. The molecule has 78 valence electrons. The second-order valence-corrected chi connectivity index (χ2v) is 3.60. The van der Waals surface area contributed by atoms with Gasteiger partial charge >= 0.3 is 5.97 Å². The molecule has 0 unspecified atom stereocenters. The van der Waals surface area contributed by atoms with Crippen molar-refractivity contribution in [3.8, 4) is 0 Å². The summed E-state index contributed by atoms with van der Waals surface area (Å²) in [7, 11) is 0. The number of carbonyl (C=O) groups is 1. The molecule has 0 aromatic rings. The molecule has 0 aromatic carbocycles. The van der Waals surface area contributed by atoms with E-state index in [4.69, 9.17) is 10.8 Å². The highest BCUT2D eigenvalue weighted by Crippen LogP contribution is 2.17. The van der Waals surface area contributed by atoms with Crippen molar-refractivity contribution in [2.75, 3.05) is 0 Å². The molecule has 0 spiro atoms.